The van der Waals surface area contributed by atoms with Gasteiger partial charge in [-0.2, -0.15) is 0 Å². The lowest BCUT2D eigenvalue weighted by atomic mass is 10.2. The molecule has 25 heavy (non-hydrogen) atoms. The monoisotopic (exact) mass is 370 g/mol. The van der Waals surface area contributed by atoms with E-state index < -0.39 is 0 Å². The Hall–Kier alpha value is -2.51. The minimum atomic E-state index is -0.383. The van der Waals surface area contributed by atoms with Crippen LogP contribution in [0.2, 0.25) is 0 Å². The first-order valence-electron chi connectivity index (χ1n) is 7.46. The van der Waals surface area contributed by atoms with E-state index in [4.69, 9.17) is 16.6 Å². The van der Waals surface area contributed by atoms with Gasteiger partial charge < -0.3 is 4.42 Å². The Morgan fingerprint density at radius 3 is 2.76 bits per heavy atom. The quantitative estimate of drug-likeness (QED) is 0.506. The Labute approximate surface area is 152 Å². The molecule has 4 nitrogen and oxygen atoms in total. The van der Waals surface area contributed by atoms with Gasteiger partial charge in [0, 0.05) is 5.56 Å². The number of nitrogens with zero attached hydrogens (tertiary/aromatic N) is 2. The van der Waals surface area contributed by atoms with E-state index in [9.17, 15) is 9.18 Å². The van der Waals surface area contributed by atoms with E-state index in [1.807, 2.05) is 24.3 Å². The normalized spacial score (nSPS) is 16.4. The molecule has 0 radical (unpaired) electrons. The number of benzene rings is 2. The third-order valence-corrected chi connectivity index (χ3v) is 5.07. The van der Waals surface area contributed by atoms with Crippen molar-refractivity contribution in [1.29, 1.82) is 0 Å². The molecule has 1 aliphatic rings. The fraction of sp³-hybridized carbons (Fsp3) is 0.0556. The molecule has 0 atom stereocenters. The van der Waals surface area contributed by atoms with Crippen LogP contribution in [0.5, 0.6) is 0 Å². The second-order valence-corrected chi connectivity index (χ2v) is 7.04. The number of thioether (sulfide) groups is 1. The molecule has 7 heteroatoms. The van der Waals surface area contributed by atoms with Crippen molar-refractivity contribution in [2.45, 2.75) is 6.54 Å². The number of hydrogen-bond donors (Lipinski definition) is 0. The van der Waals surface area contributed by atoms with Crippen molar-refractivity contribution in [3.63, 3.8) is 0 Å². The van der Waals surface area contributed by atoms with Crippen LogP contribution in [0.1, 0.15) is 11.5 Å². The summed E-state index contributed by atoms with van der Waals surface area (Å²) >= 11 is 6.43. The summed E-state index contributed by atoms with van der Waals surface area (Å²) in [7, 11) is 0. The van der Waals surface area contributed by atoms with Crippen LogP contribution < -0.4 is 0 Å². The SMILES string of the molecule is O=C1C(=Cc2ccccc2F)SC(=S)N1Cc1nc2ccccc2o1. The van der Waals surface area contributed by atoms with Crippen LogP contribution in [0.25, 0.3) is 17.2 Å². The van der Waals surface area contributed by atoms with Crippen LogP contribution in [0, 0.1) is 5.82 Å². The lowest BCUT2D eigenvalue weighted by Crippen LogP contribution is -2.27. The van der Waals surface area contributed by atoms with Gasteiger partial charge in [-0.3, -0.25) is 9.69 Å². The van der Waals surface area contributed by atoms with Crippen LogP contribution >= 0.6 is 24.0 Å². The second-order valence-electron chi connectivity index (χ2n) is 5.36. The number of halogens is 1. The maximum absolute atomic E-state index is 13.8. The van der Waals surface area contributed by atoms with Gasteiger partial charge >= 0.3 is 0 Å². The third-order valence-electron chi connectivity index (χ3n) is 3.70. The standard InChI is InChI=1S/C18H11FN2O2S2/c19-12-6-2-1-5-11(12)9-15-17(22)21(18(24)25-15)10-16-20-13-7-3-4-8-14(13)23-16/h1-9H,10H2. The average Bonchev–Trinajstić information content (AvgIpc) is 3.13. The van der Waals surface area contributed by atoms with Crippen molar-refractivity contribution in [3.8, 4) is 0 Å². The first-order valence-corrected chi connectivity index (χ1v) is 8.68. The van der Waals surface area contributed by atoms with Crippen molar-refractivity contribution >= 4 is 51.4 Å². The summed E-state index contributed by atoms with van der Waals surface area (Å²) in [6, 6.07) is 13.7. The van der Waals surface area contributed by atoms with E-state index in [1.54, 1.807) is 18.2 Å². The van der Waals surface area contributed by atoms with Crippen LogP contribution in [-0.2, 0) is 11.3 Å². The molecule has 124 valence electrons. The summed E-state index contributed by atoms with van der Waals surface area (Å²) in [4.78, 5) is 18.8. The first-order chi connectivity index (χ1) is 12.1. The van der Waals surface area contributed by atoms with Gasteiger partial charge in [-0.25, -0.2) is 9.37 Å². The highest BCUT2D eigenvalue weighted by molar-refractivity contribution is 8.26. The Bertz CT molecular complexity index is 996. The maximum atomic E-state index is 13.8. The molecule has 4 rings (SSSR count). The van der Waals surface area contributed by atoms with Crippen LogP contribution in [0.15, 0.2) is 57.9 Å². The molecule has 0 unspecified atom stereocenters. The molecule has 0 bridgehead atoms. The van der Waals surface area contributed by atoms with Gasteiger partial charge in [0.15, 0.2) is 5.58 Å². The third kappa shape index (κ3) is 3.08. The van der Waals surface area contributed by atoms with Crippen LogP contribution in [0.4, 0.5) is 4.39 Å². The Morgan fingerprint density at radius 1 is 1.20 bits per heavy atom. The van der Waals surface area contributed by atoms with Crippen molar-refractivity contribution in [2.75, 3.05) is 0 Å². The topological polar surface area (TPSA) is 46.3 Å². The Balaban J connectivity index is 1.60. The molecule has 1 aromatic heterocycles. The van der Waals surface area contributed by atoms with Gasteiger partial charge in [-0.1, -0.05) is 54.3 Å². The van der Waals surface area contributed by atoms with Crippen molar-refractivity contribution in [1.82, 2.24) is 9.88 Å². The molecule has 1 fully saturated rings. The lowest BCUT2D eigenvalue weighted by molar-refractivity contribution is -0.122. The molecule has 0 N–H and O–H groups in total. The van der Waals surface area contributed by atoms with E-state index in [1.165, 1.54) is 17.0 Å². The maximum Gasteiger partial charge on any atom is 0.266 e. The summed E-state index contributed by atoms with van der Waals surface area (Å²) in [5, 5.41) is 0. The zero-order chi connectivity index (χ0) is 17.4. The minimum absolute atomic E-state index is 0.147. The summed E-state index contributed by atoms with van der Waals surface area (Å²) < 4.78 is 19.8. The molecule has 2 heterocycles. The summed E-state index contributed by atoms with van der Waals surface area (Å²) in [5.41, 5.74) is 1.74. The number of thiocarbonyl (C=S) groups is 1. The van der Waals surface area contributed by atoms with Crippen LogP contribution in [-0.4, -0.2) is 20.1 Å². The van der Waals surface area contributed by atoms with Gasteiger partial charge in [-0.15, -0.1) is 0 Å². The highest BCUT2D eigenvalue weighted by Crippen LogP contribution is 2.34. The zero-order valence-corrected chi connectivity index (χ0v) is 14.4. The predicted octanol–water partition coefficient (Wildman–Crippen LogP) is 4.37. The summed E-state index contributed by atoms with van der Waals surface area (Å²) in [5.74, 6) is -0.253. The van der Waals surface area contributed by atoms with E-state index >= 15 is 0 Å². The largest absolute Gasteiger partial charge is 0.439 e. The number of carbonyl (C=O) groups excluding carboxylic acids is 1. The molecule has 2 aromatic carbocycles. The Morgan fingerprint density at radius 2 is 1.96 bits per heavy atom. The molecule has 1 saturated heterocycles. The summed E-state index contributed by atoms with van der Waals surface area (Å²) in [6.07, 6.45) is 1.51. The van der Waals surface area contributed by atoms with E-state index in [-0.39, 0.29) is 18.3 Å². The number of para-hydroxylation sites is 2. The number of fused-ring (bicyclic) bond motifs is 1. The highest BCUT2D eigenvalue weighted by atomic mass is 32.2. The number of oxazole rings is 1. The fourth-order valence-electron chi connectivity index (χ4n) is 2.49. The molecule has 0 aliphatic carbocycles. The lowest BCUT2D eigenvalue weighted by Gasteiger charge is -2.11. The fourth-order valence-corrected chi connectivity index (χ4v) is 3.74. The first kappa shape index (κ1) is 16.0. The number of carbonyl (C=O) groups is 1. The van der Waals surface area contributed by atoms with E-state index in [0.29, 0.717) is 26.3 Å². The van der Waals surface area contributed by atoms with Gasteiger partial charge in [0.2, 0.25) is 5.89 Å². The van der Waals surface area contributed by atoms with Gasteiger partial charge in [-0.05, 0) is 24.3 Å². The second kappa shape index (κ2) is 6.42. The average molecular weight is 370 g/mol. The molecular formula is C18H11FN2O2S2. The van der Waals surface area contributed by atoms with E-state index in [2.05, 4.69) is 4.98 Å². The van der Waals surface area contributed by atoms with Crippen LogP contribution in [0.3, 0.4) is 0 Å². The Kier molecular flexibility index (Phi) is 4.10. The summed E-state index contributed by atoms with van der Waals surface area (Å²) in [6.45, 7) is 0.147. The molecule has 0 saturated carbocycles. The van der Waals surface area contributed by atoms with Gasteiger partial charge in [0.25, 0.3) is 5.91 Å². The van der Waals surface area contributed by atoms with E-state index in [0.717, 1.165) is 17.3 Å². The van der Waals surface area contributed by atoms with Crippen molar-refractivity contribution in [3.05, 3.63) is 70.7 Å². The predicted molar refractivity (Wildman–Crippen MR) is 99.1 cm³/mol. The molecule has 0 spiro atoms. The number of rotatable bonds is 3. The number of aromatic nitrogens is 1. The molecular weight excluding hydrogens is 359 g/mol. The smallest absolute Gasteiger partial charge is 0.266 e. The zero-order valence-electron chi connectivity index (χ0n) is 12.8. The van der Waals surface area contributed by atoms with Gasteiger partial charge in [0.05, 0.1) is 4.91 Å². The molecule has 1 amide bonds. The molecule has 1 aliphatic heterocycles. The highest BCUT2D eigenvalue weighted by Gasteiger charge is 2.33. The minimum Gasteiger partial charge on any atom is -0.439 e. The van der Waals surface area contributed by atoms with Gasteiger partial charge in [0.1, 0.15) is 22.2 Å². The number of hydrogen-bond acceptors (Lipinski definition) is 5. The van der Waals surface area contributed by atoms with Crippen molar-refractivity contribution in [2.24, 2.45) is 0 Å². The molecule has 3 aromatic rings. The van der Waals surface area contributed by atoms with Crippen molar-refractivity contribution < 1.29 is 13.6 Å². The number of amides is 1.